The van der Waals surface area contributed by atoms with Crippen molar-refractivity contribution < 1.29 is 32.9 Å². The molecule has 0 fully saturated rings. The maximum atomic E-state index is 13.0. The number of likely N-dealkylation sites (N-methyl/N-ethyl adjacent to an activating group) is 1. The van der Waals surface area contributed by atoms with Gasteiger partial charge in [-0.15, -0.1) is 0 Å². The van der Waals surface area contributed by atoms with Gasteiger partial charge in [-0.3, -0.25) is 9.36 Å². The van der Waals surface area contributed by atoms with Crippen LogP contribution in [0.1, 0.15) is 373 Å². The lowest BCUT2D eigenvalue weighted by atomic mass is 10.0. The highest BCUT2D eigenvalue weighted by molar-refractivity contribution is 7.45. The number of carbonyl (C=O) groups is 1. The number of aliphatic hydroxyl groups is 1. The van der Waals surface area contributed by atoms with Crippen molar-refractivity contribution in [2.75, 3.05) is 40.9 Å². The van der Waals surface area contributed by atoms with Gasteiger partial charge in [0.2, 0.25) is 5.91 Å². The number of phosphoric ester groups is 1. The molecule has 80 heavy (non-hydrogen) atoms. The van der Waals surface area contributed by atoms with E-state index in [0.717, 1.165) is 38.5 Å². The van der Waals surface area contributed by atoms with Gasteiger partial charge in [-0.05, 0) is 44.9 Å². The molecule has 0 aromatic rings. The fraction of sp³-hybridized carbons (Fsp3) is 0.930. The Morgan fingerprint density at radius 2 is 0.688 bits per heavy atom. The summed E-state index contributed by atoms with van der Waals surface area (Å²) in [7, 11) is 1.28. The van der Waals surface area contributed by atoms with E-state index in [2.05, 4.69) is 31.3 Å². The van der Waals surface area contributed by atoms with E-state index in [-0.39, 0.29) is 19.1 Å². The number of phosphoric acid groups is 1. The van der Waals surface area contributed by atoms with Gasteiger partial charge < -0.3 is 28.8 Å². The molecule has 3 unspecified atom stereocenters. The van der Waals surface area contributed by atoms with Gasteiger partial charge in [-0.1, -0.05) is 346 Å². The van der Waals surface area contributed by atoms with Crippen LogP contribution in [0.4, 0.5) is 0 Å². The van der Waals surface area contributed by atoms with Crippen LogP contribution >= 0.6 is 7.82 Å². The number of aliphatic hydroxyl groups excluding tert-OH is 1. The molecule has 1 amide bonds. The first-order chi connectivity index (χ1) is 39.0. The topological polar surface area (TPSA) is 108 Å². The predicted molar refractivity (Wildman–Crippen MR) is 349 cm³/mol. The molecule has 2 N–H and O–H groups in total. The molecule has 8 nitrogen and oxygen atoms in total. The summed E-state index contributed by atoms with van der Waals surface area (Å²) in [6.45, 7) is 4.71. The summed E-state index contributed by atoms with van der Waals surface area (Å²) in [5.41, 5.74) is 0. The molecule has 0 saturated heterocycles. The maximum absolute atomic E-state index is 13.0. The van der Waals surface area contributed by atoms with Crippen molar-refractivity contribution in [3.8, 4) is 0 Å². The number of unbranched alkanes of at least 4 members (excludes halogenated alkanes) is 52. The zero-order valence-corrected chi connectivity index (χ0v) is 55.5. The van der Waals surface area contributed by atoms with Gasteiger partial charge in [0, 0.05) is 6.42 Å². The Hall–Kier alpha value is -1.02. The zero-order valence-electron chi connectivity index (χ0n) is 54.6. The minimum atomic E-state index is -4.60. The lowest BCUT2D eigenvalue weighted by Gasteiger charge is -2.29. The third-order valence-corrected chi connectivity index (χ3v) is 17.6. The molecule has 0 radical (unpaired) electrons. The van der Waals surface area contributed by atoms with Crippen molar-refractivity contribution in [2.24, 2.45) is 0 Å². The smallest absolute Gasteiger partial charge is 0.268 e. The second-order valence-electron chi connectivity index (χ2n) is 25.9. The van der Waals surface area contributed by atoms with Crippen molar-refractivity contribution in [3.63, 3.8) is 0 Å². The fourth-order valence-electron chi connectivity index (χ4n) is 11.1. The first-order valence-electron chi connectivity index (χ1n) is 35.7. The van der Waals surface area contributed by atoms with Crippen LogP contribution in [0, 0.1) is 0 Å². The summed E-state index contributed by atoms with van der Waals surface area (Å²) in [6, 6.07) is -0.885. The van der Waals surface area contributed by atoms with Crippen molar-refractivity contribution in [1.29, 1.82) is 0 Å². The quantitative estimate of drug-likeness (QED) is 0.0272. The molecular weight excluding hydrogens is 1010 g/mol. The number of hydrogen-bond acceptors (Lipinski definition) is 6. The summed E-state index contributed by atoms with van der Waals surface area (Å²) >= 11 is 0. The lowest BCUT2D eigenvalue weighted by Crippen LogP contribution is -2.45. The molecule has 0 saturated carbocycles. The molecule has 0 bridgehead atoms. The van der Waals surface area contributed by atoms with Gasteiger partial charge in [0.25, 0.3) is 7.82 Å². The summed E-state index contributed by atoms with van der Waals surface area (Å²) in [6.07, 6.45) is 81.7. The van der Waals surface area contributed by atoms with Crippen molar-refractivity contribution >= 4 is 13.7 Å². The van der Waals surface area contributed by atoms with Gasteiger partial charge in [-0.25, -0.2) is 0 Å². The monoisotopic (exact) mass is 1150 g/mol. The first-order valence-corrected chi connectivity index (χ1v) is 37.2. The lowest BCUT2D eigenvalue weighted by molar-refractivity contribution is -0.870. The predicted octanol–water partition coefficient (Wildman–Crippen LogP) is 22.0. The number of rotatable bonds is 67. The van der Waals surface area contributed by atoms with E-state index < -0.39 is 20.0 Å². The Morgan fingerprint density at radius 3 is 0.975 bits per heavy atom. The number of nitrogens with zero attached hydrogens (tertiary/aromatic N) is 1. The molecule has 0 rings (SSSR count). The molecule has 0 aliphatic rings. The van der Waals surface area contributed by atoms with Crippen LogP contribution < -0.4 is 10.2 Å². The van der Waals surface area contributed by atoms with Crippen LogP contribution in [0.15, 0.2) is 24.3 Å². The normalized spacial score (nSPS) is 13.7. The van der Waals surface area contributed by atoms with Gasteiger partial charge in [0.1, 0.15) is 13.2 Å². The summed E-state index contributed by atoms with van der Waals surface area (Å²) < 4.78 is 23.4. The SMILES string of the molecule is CCCCCCCCCCCCCCCCCC/C=C\CCCCCCCCCCCCCCCCCCCC(=O)NC(COP(=O)([O-])OCC[N+](C)(C)C)C(O)/C=C/CCCCCCCCCCCCCCCCCCCCC. The second kappa shape index (κ2) is 62.5. The number of carbonyl (C=O) groups excluding carboxylic acids is 1. The summed E-state index contributed by atoms with van der Waals surface area (Å²) in [5.74, 6) is -0.189. The number of amides is 1. The molecule has 476 valence electrons. The van der Waals surface area contributed by atoms with E-state index in [0.29, 0.717) is 17.4 Å². The second-order valence-corrected chi connectivity index (χ2v) is 27.4. The third-order valence-electron chi connectivity index (χ3n) is 16.7. The fourth-order valence-corrected chi connectivity index (χ4v) is 11.8. The Kier molecular flexibility index (Phi) is 61.7. The van der Waals surface area contributed by atoms with E-state index in [1.165, 1.54) is 315 Å². The van der Waals surface area contributed by atoms with E-state index >= 15 is 0 Å². The average Bonchev–Trinajstić information content (AvgIpc) is 3.42. The van der Waals surface area contributed by atoms with Crippen molar-refractivity contribution in [2.45, 2.75) is 386 Å². The van der Waals surface area contributed by atoms with Crippen LogP contribution in [0.25, 0.3) is 0 Å². The molecule has 0 aliphatic heterocycles. The maximum Gasteiger partial charge on any atom is 0.268 e. The highest BCUT2D eigenvalue weighted by Gasteiger charge is 2.23. The molecule has 0 aromatic heterocycles. The molecule has 9 heteroatoms. The van der Waals surface area contributed by atoms with Crippen LogP contribution in [0.3, 0.4) is 0 Å². The molecule has 3 atom stereocenters. The van der Waals surface area contributed by atoms with Crippen LogP contribution in [0.5, 0.6) is 0 Å². The van der Waals surface area contributed by atoms with Crippen LogP contribution in [0.2, 0.25) is 0 Å². The van der Waals surface area contributed by atoms with Gasteiger partial charge in [0.15, 0.2) is 0 Å². The number of hydrogen-bond donors (Lipinski definition) is 2. The summed E-state index contributed by atoms with van der Waals surface area (Å²) in [5, 5.41) is 14.0. The summed E-state index contributed by atoms with van der Waals surface area (Å²) in [4.78, 5) is 25.6. The van der Waals surface area contributed by atoms with Gasteiger partial charge in [0.05, 0.1) is 39.9 Å². The van der Waals surface area contributed by atoms with E-state index in [1.54, 1.807) is 6.08 Å². The molecule has 0 spiro atoms. The number of nitrogens with one attached hydrogen (secondary N) is 1. The minimum Gasteiger partial charge on any atom is -0.756 e. The highest BCUT2D eigenvalue weighted by Crippen LogP contribution is 2.38. The van der Waals surface area contributed by atoms with Crippen molar-refractivity contribution in [3.05, 3.63) is 24.3 Å². The molecule has 0 heterocycles. The Morgan fingerprint density at radius 1 is 0.425 bits per heavy atom. The van der Waals surface area contributed by atoms with Crippen LogP contribution in [-0.4, -0.2) is 68.5 Å². The number of allylic oxidation sites excluding steroid dienone is 3. The Bertz CT molecular complexity index is 1350. The third kappa shape index (κ3) is 64.5. The molecule has 0 aliphatic carbocycles. The van der Waals surface area contributed by atoms with E-state index in [9.17, 15) is 19.4 Å². The van der Waals surface area contributed by atoms with Gasteiger partial charge in [-0.2, -0.15) is 0 Å². The Labute approximate surface area is 500 Å². The van der Waals surface area contributed by atoms with Gasteiger partial charge >= 0.3 is 0 Å². The first kappa shape index (κ1) is 79.0. The van der Waals surface area contributed by atoms with E-state index in [4.69, 9.17) is 9.05 Å². The molecule has 0 aromatic carbocycles. The van der Waals surface area contributed by atoms with Crippen LogP contribution in [-0.2, 0) is 18.4 Å². The van der Waals surface area contributed by atoms with Crippen molar-refractivity contribution in [1.82, 2.24) is 5.32 Å². The minimum absolute atomic E-state index is 0.00172. The standard InChI is InChI=1S/C71H141N2O6P/c1-6-8-10-12-14-16-18-20-22-24-26-28-29-30-31-32-33-34-35-36-37-38-39-40-41-42-43-45-47-49-51-53-55-57-59-61-63-65-71(75)72-69(68-79-80(76,77)78-67-66-73(3,4)5)70(74)64-62-60-58-56-54-52-50-48-46-44-27-25-23-21-19-17-15-13-11-9-7-2/h34-35,62,64,69-70,74H,6-33,36-61,63,65-68H2,1-5H3,(H-,72,75,76,77)/b35-34-,64-62+. The largest absolute Gasteiger partial charge is 0.756 e. The number of quaternary nitrogens is 1. The average molecular weight is 1150 g/mol. The molecular formula is C71H141N2O6P. The Balaban J connectivity index is 3.96. The zero-order chi connectivity index (χ0) is 58.4. The highest BCUT2D eigenvalue weighted by atomic mass is 31.2. The van der Waals surface area contributed by atoms with E-state index in [1.807, 2.05) is 27.2 Å².